The SMILES string of the molecule is COc1cc(N)ccc1SCC(Cl)=CCl. The van der Waals surface area contributed by atoms with Gasteiger partial charge in [-0.15, -0.1) is 11.8 Å². The maximum absolute atomic E-state index is 5.78. The lowest BCUT2D eigenvalue weighted by molar-refractivity contribution is 0.405. The van der Waals surface area contributed by atoms with Gasteiger partial charge in [-0.25, -0.2) is 0 Å². The molecule has 1 aromatic carbocycles. The highest BCUT2D eigenvalue weighted by molar-refractivity contribution is 7.99. The second-order valence-electron chi connectivity index (χ2n) is 2.75. The lowest BCUT2D eigenvalue weighted by Gasteiger charge is -2.08. The van der Waals surface area contributed by atoms with Crippen LogP contribution in [0.15, 0.2) is 33.7 Å². The molecule has 0 aliphatic rings. The first-order valence-electron chi connectivity index (χ1n) is 4.18. The van der Waals surface area contributed by atoms with Crippen LogP contribution in [0.25, 0.3) is 0 Å². The van der Waals surface area contributed by atoms with Crippen LogP contribution in [-0.4, -0.2) is 12.9 Å². The Labute approximate surface area is 103 Å². The summed E-state index contributed by atoms with van der Waals surface area (Å²) in [6.45, 7) is 0. The second kappa shape index (κ2) is 6.16. The molecular weight excluding hydrogens is 253 g/mol. The predicted octanol–water partition coefficient (Wildman–Crippen LogP) is 3.69. The zero-order valence-electron chi connectivity index (χ0n) is 8.17. The average Bonchev–Trinajstić information content (AvgIpc) is 2.26. The van der Waals surface area contributed by atoms with Crippen molar-refractivity contribution in [1.82, 2.24) is 0 Å². The summed E-state index contributed by atoms with van der Waals surface area (Å²) in [6.07, 6.45) is 0. The number of ether oxygens (including phenoxy) is 1. The first-order valence-corrected chi connectivity index (χ1v) is 5.98. The summed E-state index contributed by atoms with van der Waals surface area (Å²) in [7, 11) is 1.61. The standard InChI is InChI=1S/C10H11Cl2NOS/c1-14-9-4-8(13)2-3-10(9)15-6-7(12)5-11/h2-5H,6,13H2,1H3. The molecule has 0 amide bonds. The van der Waals surface area contributed by atoms with Crippen molar-refractivity contribution in [3.8, 4) is 5.75 Å². The summed E-state index contributed by atoms with van der Waals surface area (Å²) >= 11 is 12.8. The molecule has 0 saturated heterocycles. The third-order valence-corrected chi connectivity index (χ3v) is 3.55. The van der Waals surface area contributed by atoms with Gasteiger partial charge in [0, 0.05) is 33.0 Å². The molecular formula is C10H11Cl2NOS. The van der Waals surface area contributed by atoms with Crippen molar-refractivity contribution in [3.05, 3.63) is 28.8 Å². The molecule has 0 unspecified atom stereocenters. The van der Waals surface area contributed by atoms with Crippen molar-refractivity contribution in [2.24, 2.45) is 0 Å². The van der Waals surface area contributed by atoms with Crippen LogP contribution in [0.4, 0.5) is 5.69 Å². The zero-order chi connectivity index (χ0) is 11.3. The van der Waals surface area contributed by atoms with Crippen molar-refractivity contribution in [1.29, 1.82) is 0 Å². The van der Waals surface area contributed by atoms with E-state index >= 15 is 0 Å². The van der Waals surface area contributed by atoms with E-state index in [-0.39, 0.29) is 0 Å². The van der Waals surface area contributed by atoms with Gasteiger partial charge in [-0.2, -0.15) is 0 Å². The van der Waals surface area contributed by atoms with Crippen LogP contribution in [0.5, 0.6) is 5.75 Å². The van der Waals surface area contributed by atoms with Crippen molar-refractivity contribution in [2.45, 2.75) is 4.90 Å². The minimum atomic E-state index is 0.598. The van der Waals surface area contributed by atoms with Crippen molar-refractivity contribution >= 4 is 40.7 Å². The van der Waals surface area contributed by atoms with Crippen LogP contribution in [-0.2, 0) is 0 Å². The Kier molecular flexibility index (Phi) is 5.15. The topological polar surface area (TPSA) is 35.2 Å². The predicted molar refractivity (Wildman–Crippen MR) is 67.9 cm³/mol. The molecule has 0 fully saturated rings. The van der Waals surface area contributed by atoms with Gasteiger partial charge in [-0.3, -0.25) is 0 Å². The number of rotatable bonds is 4. The molecule has 2 nitrogen and oxygen atoms in total. The maximum Gasteiger partial charge on any atom is 0.134 e. The summed E-state index contributed by atoms with van der Waals surface area (Å²) in [4.78, 5) is 0.989. The number of methoxy groups -OCH3 is 1. The molecule has 0 bridgehead atoms. The van der Waals surface area contributed by atoms with Gasteiger partial charge in [0.2, 0.25) is 0 Å². The van der Waals surface area contributed by atoms with Gasteiger partial charge in [0.1, 0.15) is 5.75 Å². The largest absolute Gasteiger partial charge is 0.496 e. The number of halogens is 2. The van der Waals surface area contributed by atoms with Gasteiger partial charge in [-0.1, -0.05) is 23.2 Å². The minimum absolute atomic E-state index is 0.598. The first kappa shape index (κ1) is 12.6. The average molecular weight is 264 g/mol. The molecule has 0 heterocycles. The fourth-order valence-corrected chi connectivity index (χ4v) is 2.14. The van der Waals surface area contributed by atoms with E-state index in [1.165, 1.54) is 5.54 Å². The molecule has 0 saturated carbocycles. The highest BCUT2D eigenvalue weighted by Crippen LogP contribution is 2.32. The van der Waals surface area contributed by atoms with Gasteiger partial charge in [-0.05, 0) is 12.1 Å². The number of benzene rings is 1. The molecule has 0 aliphatic heterocycles. The summed E-state index contributed by atoms with van der Waals surface area (Å²) < 4.78 is 5.20. The Morgan fingerprint density at radius 3 is 2.93 bits per heavy atom. The van der Waals surface area contributed by atoms with Crippen LogP contribution in [0, 0.1) is 0 Å². The summed E-state index contributed by atoms with van der Waals surface area (Å²) in [5.41, 5.74) is 7.67. The summed E-state index contributed by atoms with van der Waals surface area (Å²) in [5.74, 6) is 1.37. The van der Waals surface area contributed by atoms with E-state index in [0.29, 0.717) is 16.5 Å². The maximum atomic E-state index is 5.78. The van der Waals surface area contributed by atoms with E-state index in [1.807, 2.05) is 12.1 Å². The highest BCUT2D eigenvalue weighted by Gasteiger charge is 2.04. The fourth-order valence-electron chi connectivity index (χ4n) is 0.982. The molecule has 5 heteroatoms. The van der Waals surface area contributed by atoms with Crippen molar-refractivity contribution < 1.29 is 4.74 Å². The van der Waals surface area contributed by atoms with Gasteiger partial charge >= 0.3 is 0 Å². The normalized spacial score (nSPS) is 11.5. The number of nitrogens with two attached hydrogens (primary N) is 1. The number of hydrogen-bond acceptors (Lipinski definition) is 3. The Balaban J connectivity index is 2.76. The van der Waals surface area contributed by atoms with Gasteiger partial charge in [0.05, 0.1) is 7.11 Å². The summed E-state index contributed by atoms with van der Waals surface area (Å²) in [5, 5.41) is 0.598. The molecule has 15 heavy (non-hydrogen) atoms. The molecule has 0 radical (unpaired) electrons. The molecule has 0 atom stereocenters. The van der Waals surface area contributed by atoms with E-state index in [1.54, 1.807) is 24.9 Å². The number of hydrogen-bond donors (Lipinski definition) is 1. The molecule has 0 spiro atoms. The van der Waals surface area contributed by atoms with Gasteiger partial charge in [0.15, 0.2) is 0 Å². The monoisotopic (exact) mass is 263 g/mol. The Hall–Kier alpha value is -0.510. The van der Waals surface area contributed by atoms with E-state index in [0.717, 1.165) is 10.6 Å². The smallest absolute Gasteiger partial charge is 0.134 e. The molecule has 0 aliphatic carbocycles. The van der Waals surface area contributed by atoms with Crippen LogP contribution in [0.1, 0.15) is 0 Å². The van der Waals surface area contributed by atoms with E-state index in [2.05, 4.69) is 0 Å². The van der Waals surface area contributed by atoms with Crippen LogP contribution in [0.3, 0.4) is 0 Å². The van der Waals surface area contributed by atoms with E-state index in [4.69, 9.17) is 33.7 Å². The minimum Gasteiger partial charge on any atom is -0.496 e. The Morgan fingerprint density at radius 1 is 1.60 bits per heavy atom. The van der Waals surface area contributed by atoms with Crippen LogP contribution < -0.4 is 10.5 Å². The van der Waals surface area contributed by atoms with Crippen LogP contribution >= 0.6 is 35.0 Å². The lowest BCUT2D eigenvalue weighted by atomic mass is 10.3. The Morgan fingerprint density at radius 2 is 2.33 bits per heavy atom. The van der Waals surface area contributed by atoms with Crippen molar-refractivity contribution in [3.63, 3.8) is 0 Å². The van der Waals surface area contributed by atoms with E-state index in [9.17, 15) is 0 Å². The molecule has 2 N–H and O–H groups in total. The quantitative estimate of drug-likeness (QED) is 0.665. The first-order chi connectivity index (χ1) is 7.17. The summed E-state index contributed by atoms with van der Waals surface area (Å²) in [6, 6.07) is 5.50. The number of thioether (sulfide) groups is 1. The van der Waals surface area contributed by atoms with Crippen molar-refractivity contribution in [2.75, 3.05) is 18.6 Å². The molecule has 82 valence electrons. The number of anilines is 1. The third kappa shape index (κ3) is 3.86. The molecule has 1 aromatic rings. The highest BCUT2D eigenvalue weighted by atomic mass is 35.5. The van der Waals surface area contributed by atoms with Gasteiger partial charge in [0.25, 0.3) is 0 Å². The molecule has 1 rings (SSSR count). The molecule has 0 aromatic heterocycles. The van der Waals surface area contributed by atoms with Crippen LogP contribution in [0.2, 0.25) is 0 Å². The van der Waals surface area contributed by atoms with Gasteiger partial charge < -0.3 is 10.5 Å². The Bertz CT molecular complexity index is 368. The lowest BCUT2D eigenvalue weighted by Crippen LogP contribution is -1.90. The fraction of sp³-hybridized carbons (Fsp3) is 0.200. The van der Waals surface area contributed by atoms with E-state index < -0.39 is 0 Å². The zero-order valence-corrected chi connectivity index (χ0v) is 10.5. The second-order valence-corrected chi connectivity index (χ2v) is 4.48. The number of nitrogen functional groups attached to an aromatic ring is 1. The third-order valence-electron chi connectivity index (χ3n) is 1.67.